The topological polar surface area (TPSA) is 113 Å². The summed E-state index contributed by atoms with van der Waals surface area (Å²) in [6.45, 7) is 1.70. The minimum atomic E-state index is -1.34. The highest BCUT2D eigenvalue weighted by Crippen LogP contribution is 2.41. The SMILES string of the molecule is C[C@@]1([NH3+])C[C@@]2(O)C(=[N+]1[O-])CCc1nonc12. The third-order valence-electron chi connectivity index (χ3n) is 3.40. The van der Waals surface area contributed by atoms with E-state index in [9.17, 15) is 10.3 Å². The standard InChI is InChI=1S/C9H12N4O3/c1-8(10)4-9(14)6(13(8)15)3-2-5-7(9)12-16-11-5/h14H,2-4,10H2,1H3/p+1/t8-,9+/m0/s1. The molecule has 2 atom stereocenters. The fourth-order valence-corrected chi connectivity index (χ4v) is 2.67. The molecule has 0 aromatic carbocycles. The van der Waals surface area contributed by atoms with Crippen LogP contribution in [0.15, 0.2) is 4.63 Å². The molecule has 1 aliphatic heterocycles. The summed E-state index contributed by atoms with van der Waals surface area (Å²) >= 11 is 0. The van der Waals surface area contributed by atoms with Gasteiger partial charge in [-0.1, -0.05) is 10.3 Å². The number of aryl methyl sites for hydroxylation is 1. The van der Waals surface area contributed by atoms with E-state index in [2.05, 4.69) is 20.7 Å². The highest BCUT2D eigenvalue weighted by atomic mass is 16.6. The highest BCUT2D eigenvalue weighted by molar-refractivity contribution is 5.92. The highest BCUT2D eigenvalue weighted by Gasteiger charge is 2.62. The van der Waals surface area contributed by atoms with E-state index in [0.717, 1.165) is 4.74 Å². The average molecular weight is 225 g/mol. The zero-order valence-electron chi connectivity index (χ0n) is 8.93. The Kier molecular flexibility index (Phi) is 1.59. The van der Waals surface area contributed by atoms with E-state index in [0.29, 0.717) is 29.9 Å². The van der Waals surface area contributed by atoms with Gasteiger partial charge in [-0.05, 0) is 0 Å². The van der Waals surface area contributed by atoms with E-state index in [1.807, 2.05) is 0 Å². The number of rotatable bonds is 0. The second-order valence-electron chi connectivity index (χ2n) is 4.83. The van der Waals surface area contributed by atoms with Gasteiger partial charge in [0, 0.05) is 12.8 Å². The van der Waals surface area contributed by atoms with Gasteiger partial charge in [-0.25, -0.2) is 4.63 Å². The Morgan fingerprint density at radius 3 is 3.00 bits per heavy atom. The number of hydroxylamine groups is 1. The van der Waals surface area contributed by atoms with Gasteiger partial charge in [0.25, 0.3) is 5.66 Å². The van der Waals surface area contributed by atoms with Crippen LogP contribution in [-0.4, -0.2) is 31.5 Å². The first-order chi connectivity index (χ1) is 7.45. The molecule has 7 nitrogen and oxygen atoms in total. The summed E-state index contributed by atoms with van der Waals surface area (Å²) < 4.78 is 5.44. The van der Waals surface area contributed by atoms with E-state index >= 15 is 0 Å². The van der Waals surface area contributed by atoms with Crippen molar-refractivity contribution in [2.75, 3.05) is 0 Å². The van der Waals surface area contributed by atoms with Gasteiger partial charge in [-0.3, -0.25) is 5.73 Å². The Hall–Kier alpha value is -1.47. The lowest BCUT2D eigenvalue weighted by Gasteiger charge is -2.21. The number of hydrogen-bond acceptors (Lipinski definition) is 5. The predicted octanol–water partition coefficient (Wildman–Crippen LogP) is -1.48. The quantitative estimate of drug-likeness (QED) is 0.413. The summed E-state index contributed by atoms with van der Waals surface area (Å²) in [7, 11) is 0. The number of nitrogens with zero attached hydrogens (tertiary/aromatic N) is 3. The smallest absolute Gasteiger partial charge is 0.294 e. The van der Waals surface area contributed by atoms with Crippen molar-refractivity contribution >= 4 is 5.71 Å². The predicted molar refractivity (Wildman–Crippen MR) is 51.1 cm³/mol. The number of aliphatic hydroxyl groups is 1. The summed E-state index contributed by atoms with van der Waals surface area (Å²) in [5.41, 5.74) is 3.07. The van der Waals surface area contributed by atoms with Crippen molar-refractivity contribution < 1.29 is 20.2 Å². The Labute approximate surface area is 91.1 Å². The minimum absolute atomic E-state index is 0.222. The molecule has 3 rings (SSSR count). The largest absolute Gasteiger partial charge is 0.619 e. The molecule has 0 spiro atoms. The second-order valence-corrected chi connectivity index (χ2v) is 4.83. The molecule has 0 unspecified atom stereocenters. The third kappa shape index (κ3) is 0.966. The Morgan fingerprint density at radius 2 is 2.25 bits per heavy atom. The number of aromatic nitrogens is 2. The fourth-order valence-electron chi connectivity index (χ4n) is 2.67. The molecule has 0 bridgehead atoms. The summed E-state index contributed by atoms with van der Waals surface area (Å²) in [5, 5.41) is 30.0. The molecular formula is C9H13N4O3+. The average Bonchev–Trinajstić information content (AvgIpc) is 2.70. The van der Waals surface area contributed by atoms with Gasteiger partial charge < -0.3 is 10.3 Å². The van der Waals surface area contributed by atoms with Crippen LogP contribution >= 0.6 is 0 Å². The maximum Gasteiger partial charge on any atom is 0.294 e. The normalized spacial score (nSPS) is 37.4. The summed E-state index contributed by atoms with van der Waals surface area (Å²) in [6, 6.07) is 0. The lowest BCUT2D eigenvalue weighted by atomic mass is 9.81. The molecule has 16 heavy (non-hydrogen) atoms. The van der Waals surface area contributed by atoms with Crippen LogP contribution < -0.4 is 5.73 Å². The van der Waals surface area contributed by atoms with E-state index in [1.165, 1.54) is 0 Å². The Balaban J connectivity index is 2.22. The zero-order valence-corrected chi connectivity index (χ0v) is 8.93. The maximum absolute atomic E-state index is 12.0. The van der Waals surface area contributed by atoms with Gasteiger partial charge in [0.2, 0.25) is 11.3 Å². The lowest BCUT2D eigenvalue weighted by molar-refractivity contribution is -0.740. The first kappa shape index (κ1) is 9.73. The molecule has 0 fully saturated rings. The first-order valence-electron chi connectivity index (χ1n) is 5.18. The van der Waals surface area contributed by atoms with E-state index in [4.69, 9.17) is 0 Å². The van der Waals surface area contributed by atoms with Crippen LogP contribution in [0.2, 0.25) is 0 Å². The van der Waals surface area contributed by atoms with Crippen molar-refractivity contribution in [1.29, 1.82) is 0 Å². The van der Waals surface area contributed by atoms with Gasteiger partial charge in [0.15, 0.2) is 5.69 Å². The molecule has 86 valence electrons. The van der Waals surface area contributed by atoms with Gasteiger partial charge in [0.1, 0.15) is 12.1 Å². The molecule has 2 heterocycles. The molecule has 0 saturated carbocycles. The lowest BCUT2D eigenvalue weighted by Crippen LogP contribution is -2.74. The van der Waals surface area contributed by atoms with Crippen LogP contribution in [0.5, 0.6) is 0 Å². The van der Waals surface area contributed by atoms with Crippen molar-refractivity contribution in [2.24, 2.45) is 0 Å². The summed E-state index contributed by atoms with van der Waals surface area (Å²) in [5.74, 6) is 0. The van der Waals surface area contributed by atoms with E-state index < -0.39 is 11.3 Å². The van der Waals surface area contributed by atoms with Crippen LogP contribution in [0.1, 0.15) is 31.2 Å². The molecule has 4 N–H and O–H groups in total. The molecule has 1 aromatic heterocycles. The third-order valence-corrected chi connectivity index (χ3v) is 3.40. The van der Waals surface area contributed by atoms with E-state index in [-0.39, 0.29) is 6.42 Å². The van der Waals surface area contributed by atoms with Gasteiger partial charge >= 0.3 is 0 Å². The van der Waals surface area contributed by atoms with Crippen molar-refractivity contribution in [3.8, 4) is 0 Å². The molecule has 0 amide bonds. The monoisotopic (exact) mass is 225 g/mol. The molecule has 0 radical (unpaired) electrons. The fraction of sp³-hybridized carbons (Fsp3) is 0.667. The van der Waals surface area contributed by atoms with Crippen molar-refractivity contribution in [3.63, 3.8) is 0 Å². The number of hydrogen-bond donors (Lipinski definition) is 2. The maximum atomic E-state index is 12.0. The molecule has 1 aromatic rings. The summed E-state index contributed by atoms with van der Waals surface area (Å²) in [4.78, 5) is 0. The van der Waals surface area contributed by atoms with Gasteiger partial charge in [0.05, 0.1) is 6.92 Å². The molecular weight excluding hydrogens is 212 g/mol. The molecule has 0 saturated heterocycles. The molecule has 2 aliphatic rings. The molecule has 7 heteroatoms. The Bertz CT molecular complexity index is 493. The van der Waals surface area contributed by atoms with Crippen molar-refractivity contribution in [2.45, 2.75) is 37.5 Å². The van der Waals surface area contributed by atoms with E-state index in [1.54, 1.807) is 6.92 Å². The number of fused-ring (bicyclic) bond motifs is 3. The number of quaternary nitrogens is 1. The van der Waals surface area contributed by atoms with Gasteiger partial charge in [-0.2, -0.15) is 4.74 Å². The van der Waals surface area contributed by atoms with Crippen LogP contribution in [-0.2, 0) is 12.0 Å². The van der Waals surface area contributed by atoms with Crippen LogP contribution in [0.3, 0.4) is 0 Å². The second kappa shape index (κ2) is 2.61. The van der Waals surface area contributed by atoms with Crippen molar-refractivity contribution in [3.05, 3.63) is 16.6 Å². The van der Waals surface area contributed by atoms with Crippen molar-refractivity contribution in [1.82, 2.24) is 10.3 Å². The minimum Gasteiger partial charge on any atom is -0.619 e. The first-order valence-corrected chi connectivity index (χ1v) is 5.18. The Morgan fingerprint density at radius 1 is 1.50 bits per heavy atom. The zero-order chi connectivity index (χ0) is 11.6. The van der Waals surface area contributed by atoms with Crippen LogP contribution in [0.4, 0.5) is 0 Å². The van der Waals surface area contributed by atoms with Crippen LogP contribution in [0, 0.1) is 5.21 Å². The molecule has 1 aliphatic carbocycles. The van der Waals surface area contributed by atoms with Crippen LogP contribution in [0.25, 0.3) is 0 Å². The summed E-state index contributed by atoms with van der Waals surface area (Å²) in [6.07, 6.45) is 1.28. The van der Waals surface area contributed by atoms with Gasteiger partial charge in [-0.15, -0.1) is 0 Å².